The molecule has 6 heteroatoms. The zero-order chi connectivity index (χ0) is 13.1. The monoisotopic (exact) mass is 331 g/mol. The summed E-state index contributed by atoms with van der Waals surface area (Å²) in [5.41, 5.74) is 1.01. The predicted molar refractivity (Wildman–Crippen MR) is 90.6 cm³/mol. The Hall–Kier alpha value is -0.970. The quantitative estimate of drug-likeness (QED) is 0.919. The maximum absolute atomic E-state index is 12.1. The molecule has 1 amide bonds. The van der Waals surface area contributed by atoms with E-state index in [0.29, 0.717) is 6.54 Å². The normalized spacial score (nSPS) is 18.4. The van der Waals surface area contributed by atoms with E-state index in [1.54, 1.807) is 0 Å². The molecule has 0 spiro atoms. The first kappa shape index (κ1) is 18.1. The summed E-state index contributed by atoms with van der Waals surface area (Å²) in [7, 11) is 0. The molecule has 0 aromatic heterocycles. The summed E-state index contributed by atoms with van der Waals surface area (Å²) in [5.74, 6) is 0.208. The number of amides is 1. The molecule has 1 N–H and O–H groups in total. The lowest BCUT2D eigenvalue weighted by Gasteiger charge is -2.34. The van der Waals surface area contributed by atoms with Crippen LogP contribution in [0.1, 0.15) is 12.8 Å². The summed E-state index contributed by atoms with van der Waals surface area (Å²) in [6.45, 7) is 4.24. The molecule has 1 aromatic carbocycles. The van der Waals surface area contributed by atoms with E-state index in [1.807, 2.05) is 35.2 Å². The van der Waals surface area contributed by atoms with Gasteiger partial charge in [-0.3, -0.25) is 9.69 Å². The molecule has 4 nitrogen and oxygen atoms in total. The van der Waals surface area contributed by atoms with Crippen molar-refractivity contribution in [2.75, 3.05) is 38.0 Å². The van der Waals surface area contributed by atoms with Gasteiger partial charge in [-0.2, -0.15) is 0 Å². The van der Waals surface area contributed by atoms with Crippen LogP contribution in [0, 0.1) is 0 Å². The third kappa shape index (κ3) is 5.06. The van der Waals surface area contributed by atoms with E-state index in [2.05, 4.69) is 10.2 Å². The number of hydrogen-bond acceptors (Lipinski definition) is 3. The molecule has 0 bridgehead atoms. The average Bonchev–Trinajstić information content (AvgIpc) is 3.31. The molecular formula is C15H23Cl2N3O. The third-order valence-corrected chi connectivity index (χ3v) is 3.95. The van der Waals surface area contributed by atoms with Crippen LogP contribution in [-0.2, 0) is 4.79 Å². The highest BCUT2D eigenvalue weighted by atomic mass is 35.5. The smallest absolute Gasteiger partial charge is 0.241 e. The van der Waals surface area contributed by atoms with Crippen LogP contribution in [0.3, 0.4) is 0 Å². The number of hydrogen-bond donors (Lipinski definition) is 1. The lowest BCUT2D eigenvalue weighted by Crippen LogP contribution is -2.50. The summed E-state index contributed by atoms with van der Waals surface area (Å²) in [6.07, 6.45) is 2.70. The Kier molecular flexibility index (Phi) is 7.29. The molecule has 3 rings (SSSR count). The summed E-state index contributed by atoms with van der Waals surface area (Å²) >= 11 is 0. The highest BCUT2D eigenvalue weighted by Crippen LogP contribution is 2.27. The number of piperazine rings is 1. The SMILES string of the molecule is Cl.Cl.O=C(CNc1ccccc1)N1CCN(C2CC2)CC1. The van der Waals surface area contributed by atoms with Gasteiger partial charge in [0.2, 0.25) is 5.91 Å². The Morgan fingerprint density at radius 1 is 1.05 bits per heavy atom. The van der Waals surface area contributed by atoms with Gasteiger partial charge >= 0.3 is 0 Å². The van der Waals surface area contributed by atoms with Crippen LogP contribution >= 0.6 is 24.8 Å². The van der Waals surface area contributed by atoms with Gasteiger partial charge in [0.05, 0.1) is 6.54 Å². The number of para-hydroxylation sites is 1. The predicted octanol–water partition coefficient (Wildman–Crippen LogP) is 2.25. The second-order valence-corrected chi connectivity index (χ2v) is 5.37. The van der Waals surface area contributed by atoms with Gasteiger partial charge in [-0.15, -0.1) is 24.8 Å². The molecule has 1 aliphatic carbocycles. The number of halogens is 2. The first-order chi connectivity index (χ1) is 9.33. The minimum absolute atomic E-state index is 0. The lowest BCUT2D eigenvalue weighted by atomic mass is 10.3. The van der Waals surface area contributed by atoms with E-state index in [1.165, 1.54) is 12.8 Å². The number of benzene rings is 1. The van der Waals surface area contributed by atoms with Crippen LogP contribution in [0.25, 0.3) is 0 Å². The Morgan fingerprint density at radius 2 is 1.67 bits per heavy atom. The van der Waals surface area contributed by atoms with Crippen LogP contribution < -0.4 is 5.32 Å². The largest absolute Gasteiger partial charge is 0.376 e. The molecule has 1 aromatic rings. The second kappa shape index (κ2) is 8.47. The number of carbonyl (C=O) groups is 1. The van der Waals surface area contributed by atoms with Gasteiger partial charge in [-0.05, 0) is 25.0 Å². The van der Waals surface area contributed by atoms with Crippen LogP contribution in [-0.4, -0.2) is 54.5 Å². The molecule has 2 aliphatic rings. The fourth-order valence-corrected chi connectivity index (χ4v) is 2.62. The molecule has 1 heterocycles. The van der Waals surface area contributed by atoms with Crippen LogP contribution in [0.5, 0.6) is 0 Å². The van der Waals surface area contributed by atoms with Crippen molar-refractivity contribution in [1.82, 2.24) is 9.80 Å². The molecule has 2 fully saturated rings. The van der Waals surface area contributed by atoms with E-state index in [-0.39, 0.29) is 30.7 Å². The Morgan fingerprint density at radius 3 is 2.24 bits per heavy atom. The Labute approximate surface area is 138 Å². The van der Waals surface area contributed by atoms with Crippen LogP contribution in [0.15, 0.2) is 30.3 Å². The van der Waals surface area contributed by atoms with Crippen molar-refractivity contribution in [3.05, 3.63) is 30.3 Å². The molecule has 1 saturated carbocycles. The molecule has 1 aliphatic heterocycles. The second-order valence-electron chi connectivity index (χ2n) is 5.37. The summed E-state index contributed by atoms with van der Waals surface area (Å²) in [5, 5.41) is 3.18. The minimum atomic E-state index is 0. The van der Waals surface area contributed by atoms with Crippen molar-refractivity contribution in [2.45, 2.75) is 18.9 Å². The topological polar surface area (TPSA) is 35.6 Å². The highest BCUT2D eigenvalue weighted by Gasteiger charge is 2.32. The maximum atomic E-state index is 12.1. The molecule has 118 valence electrons. The molecular weight excluding hydrogens is 309 g/mol. The fraction of sp³-hybridized carbons (Fsp3) is 0.533. The fourth-order valence-electron chi connectivity index (χ4n) is 2.62. The Balaban J connectivity index is 0.00000110. The van der Waals surface area contributed by atoms with Gasteiger partial charge in [-0.25, -0.2) is 0 Å². The molecule has 0 atom stereocenters. The number of nitrogens with zero attached hydrogens (tertiary/aromatic N) is 2. The standard InChI is InChI=1S/C15H21N3O.2ClH/c19-15(12-16-13-4-2-1-3-5-13)18-10-8-17(9-11-18)14-6-7-14;;/h1-5,14,16H,6-12H2;2*1H. The first-order valence-electron chi connectivity index (χ1n) is 7.14. The lowest BCUT2D eigenvalue weighted by molar-refractivity contribution is -0.131. The third-order valence-electron chi connectivity index (χ3n) is 3.95. The minimum Gasteiger partial charge on any atom is -0.376 e. The van der Waals surface area contributed by atoms with E-state index in [9.17, 15) is 4.79 Å². The number of rotatable bonds is 4. The van der Waals surface area contributed by atoms with Crippen molar-refractivity contribution in [3.63, 3.8) is 0 Å². The van der Waals surface area contributed by atoms with Gasteiger partial charge in [0.25, 0.3) is 0 Å². The summed E-state index contributed by atoms with van der Waals surface area (Å²) in [4.78, 5) is 16.6. The van der Waals surface area contributed by atoms with Crippen LogP contribution in [0.2, 0.25) is 0 Å². The molecule has 0 radical (unpaired) electrons. The molecule has 1 saturated heterocycles. The maximum Gasteiger partial charge on any atom is 0.241 e. The van der Waals surface area contributed by atoms with Gasteiger partial charge in [0.1, 0.15) is 0 Å². The Bertz CT molecular complexity index is 432. The summed E-state index contributed by atoms with van der Waals surface area (Å²) in [6, 6.07) is 10.7. The van der Waals surface area contributed by atoms with Gasteiger partial charge < -0.3 is 10.2 Å². The van der Waals surface area contributed by atoms with Crippen molar-refractivity contribution in [2.24, 2.45) is 0 Å². The van der Waals surface area contributed by atoms with Crippen LogP contribution in [0.4, 0.5) is 5.69 Å². The van der Waals surface area contributed by atoms with Crippen molar-refractivity contribution in [3.8, 4) is 0 Å². The zero-order valence-electron chi connectivity index (χ0n) is 12.0. The number of carbonyl (C=O) groups excluding carboxylic acids is 1. The highest BCUT2D eigenvalue weighted by molar-refractivity contribution is 5.85. The first-order valence-corrected chi connectivity index (χ1v) is 7.14. The van der Waals surface area contributed by atoms with E-state index in [4.69, 9.17) is 0 Å². The average molecular weight is 332 g/mol. The van der Waals surface area contributed by atoms with E-state index < -0.39 is 0 Å². The number of nitrogens with one attached hydrogen (secondary N) is 1. The van der Waals surface area contributed by atoms with E-state index in [0.717, 1.165) is 37.9 Å². The van der Waals surface area contributed by atoms with Crippen molar-refractivity contribution < 1.29 is 4.79 Å². The van der Waals surface area contributed by atoms with Gasteiger partial charge in [-0.1, -0.05) is 18.2 Å². The molecule has 21 heavy (non-hydrogen) atoms. The van der Waals surface area contributed by atoms with Crippen molar-refractivity contribution >= 4 is 36.4 Å². The number of anilines is 1. The summed E-state index contributed by atoms with van der Waals surface area (Å²) < 4.78 is 0. The van der Waals surface area contributed by atoms with E-state index >= 15 is 0 Å². The zero-order valence-corrected chi connectivity index (χ0v) is 13.7. The van der Waals surface area contributed by atoms with Gasteiger partial charge in [0, 0.05) is 37.9 Å². The van der Waals surface area contributed by atoms with Gasteiger partial charge in [0.15, 0.2) is 0 Å². The van der Waals surface area contributed by atoms with Crippen molar-refractivity contribution in [1.29, 1.82) is 0 Å². The molecule has 0 unspecified atom stereocenters.